The molecule has 1 saturated heterocycles. The lowest BCUT2D eigenvalue weighted by atomic mass is 10.1. The van der Waals surface area contributed by atoms with Gasteiger partial charge in [0.1, 0.15) is 5.75 Å². The lowest BCUT2D eigenvalue weighted by Gasteiger charge is -2.31. The van der Waals surface area contributed by atoms with Crippen LogP contribution in [0.1, 0.15) is 50.3 Å². The van der Waals surface area contributed by atoms with Gasteiger partial charge in [-0.05, 0) is 56.4 Å². The maximum Gasteiger partial charge on any atom is 0.573 e. The summed E-state index contributed by atoms with van der Waals surface area (Å²) in [4.78, 5) is 0. The lowest BCUT2D eigenvalue weighted by molar-refractivity contribution is -0.274. The lowest BCUT2D eigenvalue weighted by Crippen LogP contribution is -2.39. The van der Waals surface area contributed by atoms with E-state index in [1.54, 1.807) is 6.07 Å². The van der Waals surface area contributed by atoms with Crippen LogP contribution in [0.4, 0.5) is 13.2 Å². The zero-order valence-electron chi connectivity index (χ0n) is 20.6. The van der Waals surface area contributed by atoms with Crippen molar-refractivity contribution in [1.82, 2.24) is 10.0 Å². The molecule has 0 spiro atoms. The summed E-state index contributed by atoms with van der Waals surface area (Å²) in [6.07, 6.45) is -0.521. The van der Waals surface area contributed by atoms with Gasteiger partial charge in [0.2, 0.25) is 0 Å². The van der Waals surface area contributed by atoms with Gasteiger partial charge in [0.05, 0.1) is 6.10 Å². The third-order valence-electron chi connectivity index (χ3n) is 5.69. The average molecular weight is 479 g/mol. The second-order valence-electron chi connectivity index (χ2n) is 8.18. The Hall–Kier alpha value is -2.51. The molecule has 2 aromatic carbocycles. The number of aliphatic hydroxyl groups is 1. The smallest absolute Gasteiger partial charge is 0.406 e. The first-order chi connectivity index (χ1) is 16.2. The highest BCUT2D eigenvalue weighted by Crippen LogP contribution is 2.25. The molecule has 3 rings (SSSR count). The van der Waals surface area contributed by atoms with Crippen molar-refractivity contribution in [2.75, 3.05) is 19.6 Å². The first-order valence-electron chi connectivity index (χ1n) is 12.0. The van der Waals surface area contributed by atoms with Gasteiger partial charge in [-0.1, -0.05) is 61.9 Å². The summed E-state index contributed by atoms with van der Waals surface area (Å²) in [7, 11) is 0. The number of ether oxygens (including phenoxy) is 1. The highest BCUT2D eigenvalue weighted by Gasteiger charge is 2.31. The Balaban J connectivity index is 0.00000199. The van der Waals surface area contributed by atoms with E-state index in [0.29, 0.717) is 18.5 Å². The topological polar surface area (TPSA) is 35.9 Å². The number of alkyl halides is 3. The molecule has 0 aliphatic carbocycles. The SMILES string of the molecule is C/C=C1/CCN(CCC(O)Cc2cccc(OC(F)(F)F)c2)N1CCc1ccc(C)cc1.CC. The first-order valence-corrected chi connectivity index (χ1v) is 12.0. The van der Waals surface area contributed by atoms with E-state index in [1.807, 2.05) is 20.8 Å². The second-order valence-corrected chi connectivity index (χ2v) is 8.18. The first kappa shape index (κ1) is 27.7. The number of rotatable bonds is 9. The quantitative estimate of drug-likeness (QED) is 0.460. The van der Waals surface area contributed by atoms with Gasteiger partial charge >= 0.3 is 6.36 Å². The molecule has 1 aliphatic heterocycles. The van der Waals surface area contributed by atoms with Crippen molar-refractivity contribution in [3.05, 3.63) is 77.0 Å². The van der Waals surface area contributed by atoms with Gasteiger partial charge in [0.15, 0.2) is 0 Å². The number of nitrogens with zero attached hydrogens (tertiary/aromatic N) is 2. The molecule has 1 fully saturated rings. The van der Waals surface area contributed by atoms with Crippen LogP contribution in [0.2, 0.25) is 0 Å². The largest absolute Gasteiger partial charge is 0.573 e. The highest BCUT2D eigenvalue weighted by molar-refractivity contribution is 5.29. The van der Waals surface area contributed by atoms with Crippen LogP contribution in [-0.2, 0) is 12.8 Å². The van der Waals surface area contributed by atoms with E-state index < -0.39 is 12.5 Å². The fraction of sp³-hybridized carbons (Fsp3) is 0.481. The molecule has 1 atom stereocenters. The maximum atomic E-state index is 12.4. The van der Waals surface area contributed by atoms with Crippen molar-refractivity contribution in [3.63, 3.8) is 0 Å². The minimum atomic E-state index is -4.72. The third-order valence-corrected chi connectivity index (χ3v) is 5.69. The predicted molar refractivity (Wildman–Crippen MR) is 130 cm³/mol. The summed E-state index contributed by atoms with van der Waals surface area (Å²) in [5, 5.41) is 15.1. The number of hydrogen-bond donors (Lipinski definition) is 1. The van der Waals surface area contributed by atoms with Crippen molar-refractivity contribution >= 4 is 0 Å². The van der Waals surface area contributed by atoms with Crippen LogP contribution in [0.15, 0.2) is 60.3 Å². The zero-order valence-corrected chi connectivity index (χ0v) is 20.6. The summed E-state index contributed by atoms with van der Waals surface area (Å²) < 4.78 is 41.3. The van der Waals surface area contributed by atoms with E-state index in [4.69, 9.17) is 0 Å². The second kappa shape index (κ2) is 13.4. The molecule has 0 saturated carbocycles. The molecule has 2 aromatic rings. The minimum absolute atomic E-state index is 0.262. The molecule has 0 radical (unpaired) electrons. The molecule has 1 N–H and O–H groups in total. The van der Waals surface area contributed by atoms with Crippen LogP contribution in [0.3, 0.4) is 0 Å². The number of allylic oxidation sites excluding steroid dienone is 1. The number of halogens is 3. The van der Waals surface area contributed by atoms with E-state index in [2.05, 4.69) is 52.0 Å². The predicted octanol–water partition coefficient (Wildman–Crippen LogP) is 6.28. The zero-order chi connectivity index (χ0) is 25.1. The number of aliphatic hydroxyl groups excluding tert-OH is 1. The molecule has 0 aromatic heterocycles. The number of aryl methyl sites for hydroxylation is 1. The minimum Gasteiger partial charge on any atom is -0.406 e. The number of hydrogen-bond acceptors (Lipinski definition) is 4. The summed E-state index contributed by atoms with van der Waals surface area (Å²) >= 11 is 0. The normalized spacial score (nSPS) is 16.4. The Bertz CT molecular complexity index is 897. The summed E-state index contributed by atoms with van der Waals surface area (Å²) in [5.74, 6) is -0.262. The van der Waals surface area contributed by atoms with Crippen molar-refractivity contribution in [1.29, 1.82) is 0 Å². The Labute approximate surface area is 201 Å². The highest BCUT2D eigenvalue weighted by atomic mass is 19.4. The van der Waals surface area contributed by atoms with Crippen molar-refractivity contribution < 1.29 is 23.0 Å². The van der Waals surface area contributed by atoms with Crippen molar-refractivity contribution in [2.24, 2.45) is 0 Å². The molecule has 1 heterocycles. The van der Waals surface area contributed by atoms with Crippen LogP contribution < -0.4 is 4.74 Å². The van der Waals surface area contributed by atoms with Crippen LogP contribution >= 0.6 is 0 Å². The summed E-state index contributed by atoms with van der Waals surface area (Å²) in [6, 6.07) is 14.4. The van der Waals surface area contributed by atoms with Crippen LogP contribution in [0, 0.1) is 6.92 Å². The Kier molecular flexibility index (Phi) is 10.9. The Morgan fingerprint density at radius 3 is 2.41 bits per heavy atom. The summed E-state index contributed by atoms with van der Waals surface area (Å²) in [5.41, 5.74) is 4.43. The third kappa shape index (κ3) is 9.03. The molecule has 7 heteroatoms. The van der Waals surface area contributed by atoms with E-state index >= 15 is 0 Å². The van der Waals surface area contributed by atoms with Gasteiger partial charge in [-0.2, -0.15) is 0 Å². The fourth-order valence-corrected chi connectivity index (χ4v) is 4.02. The van der Waals surface area contributed by atoms with E-state index in [1.165, 1.54) is 35.0 Å². The van der Waals surface area contributed by atoms with Crippen LogP contribution in [-0.4, -0.2) is 47.2 Å². The van der Waals surface area contributed by atoms with Gasteiger partial charge in [0.25, 0.3) is 0 Å². The molecule has 4 nitrogen and oxygen atoms in total. The molecular formula is C27H37F3N2O2. The van der Waals surface area contributed by atoms with E-state index in [0.717, 1.165) is 25.9 Å². The van der Waals surface area contributed by atoms with Gasteiger partial charge in [-0.25, -0.2) is 5.01 Å². The van der Waals surface area contributed by atoms with E-state index in [9.17, 15) is 18.3 Å². The van der Waals surface area contributed by atoms with Crippen LogP contribution in [0.5, 0.6) is 5.75 Å². The van der Waals surface area contributed by atoms with Crippen LogP contribution in [0.25, 0.3) is 0 Å². The monoisotopic (exact) mass is 478 g/mol. The van der Waals surface area contributed by atoms with E-state index in [-0.39, 0.29) is 12.2 Å². The number of hydrazine groups is 1. The maximum absolute atomic E-state index is 12.4. The Morgan fingerprint density at radius 1 is 1.06 bits per heavy atom. The van der Waals surface area contributed by atoms with Crippen molar-refractivity contribution in [2.45, 2.75) is 65.8 Å². The molecule has 34 heavy (non-hydrogen) atoms. The van der Waals surface area contributed by atoms with Crippen molar-refractivity contribution in [3.8, 4) is 5.75 Å². The average Bonchev–Trinajstić information content (AvgIpc) is 3.19. The van der Waals surface area contributed by atoms with Gasteiger partial charge < -0.3 is 14.9 Å². The number of benzene rings is 2. The van der Waals surface area contributed by atoms with Gasteiger partial charge in [-0.3, -0.25) is 0 Å². The molecule has 188 valence electrons. The van der Waals surface area contributed by atoms with Gasteiger partial charge in [0, 0.05) is 31.8 Å². The molecule has 0 amide bonds. The molecule has 0 bridgehead atoms. The summed E-state index contributed by atoms with van der Waals surface area (Å²) in [6.45, 7) is 10.6. The fourth-order valence-electron chi connectivity index (χ4n) is 4.02. The van der Waals surface area contributed by atoms with Gasteiger partial charge in [-0.15, -0.1) is 13.2 Å². The standard InChI is InChI=1S/C25H31F3N2O2.C2H6/c1-3-22-12-14-29(30(22)16-11-20-9-7-19(2)8-10-20)15-13-23(31)17-21-5-4-6-24(18-21)32-25(26,27)28;1-2/h3-10,18,23,31H,11-17H2,1-2H3;1-2H3/b22-3-;. The molecule has 1 aliphatic rings. The molecular weight excluding hydrogens is 441 g/mol. The Morgan fingerprint density at radius 2 is 1.76 bits per heavy atom. The molecule has 1 unspecified atom stereocenters.